The van der Waals surface area contributed by atoms with Crippen molar-refractivity contribution < 1.29 is 4.79 Å². The topological polar surface area (TPSA) is 55.2 Å². The van der Waals surface area contributed by atoms with Crippen LogP contribution in [0.1, 0.15) is 54.7 Å². The van der Waals surface area contributed by atoms with Crippen LogP contribution in [0.2, 0.25) is 0 Å². The first-order valence-corrected chi connectivity index (χ1v) is 10.0. The van der Waals surface area contributed by atoms with Crippen LogP contribution >= 0.6 is 0 Å². The van der Waals surface area contributed by atoms with Gasteiger partial charge >= 0.3 is 0 Å². The van der Waals surface area contributed by atoms with Gasteiger partial charge in [0.2, 0.25) is 0 Å². The maximum absolute atomic E-state index is 13.1. The number of aryl methyl sites for hydroxylation is 1. The number of fused-ring (bicyclic) bond motifs is 3. The highest BCUT2D eigenvalue weighted by molar-refractivity contribution is 5.97. The van der Waals surface area contributed by atoms with Gasteiger partial charge in [0.1, 0.15) is 5.82 Å². The van der Waals surface area contributed by atoms with Crippen LogP contribution in [-0.2, 0) is 13.0 Å². The van der Waals surface area contributed by atoms with E-state index in [1.54, 1.807) is 10.6 Å². The van der Waals surface area contributed by atoms with Crippen LogP contribution in [0.15, 0.2) is 23.0 Å². The molecule has 2 aliphatic heterocycles. The number of carbonyl (C=O) groups excluding carboxylic acids is 1. The highest BCUT2D eigenvalue weighted by Crippen LogP contribution is 2.36. The molecule has 26 heavy (non-hydrogen) atoms. The first-order valence-electron chi connectivity index (χ1n) is 10.0. The van der Waals surface area contributed by atoms with Crippen LogP contribution in [0.4, 0.5) is 0 Å². The Kier molecular flexibility index (Phi) is 3.84. The van der Waals surface area contributed by atoms with Crippen LogP contribution < -0.4 is 5.56 Å². The second-order valence-corrected chi connectivity index (χ2v) is 8.16. The van der Waals surface area contributed by atoms with E-state index in [0.717, 1.165) is 50.6 Å². The average molecular weight is 351 g/mol. The quantitative estimate of drug-likeness (QED) is 0.794. The molecule has 1 saturated carbocycles. The summed E-state index contributed by atoms with van der Waals surface area (Å²) < 4.78 is 1.78. The molecule has 136 valence electrons. The molecular weight excluding hydrogens is 326 g/mol. The predicted molar refractivity (Wildman–Crippen MR) is 100 cm³/mol. The third-order valence-corrected chi connectivity index (χ3v) is 6.64. The Balaban J connectivity index is 1.44. The lowest BCUT2D eigenvalue weighted by molar-refractivity contribution is 0.0521. The molecule has 1 aromatic heterocycles. The van der Waals surface area contributed by atoms with Gasteiger partial charge in [-0.2, -0.15) is 0 Å². The highest BCUT2D eigenvalue weighted by atomic mass is 16.2. The van der Waals surface area contributed by atoms with Crippen molar-refractivity contribution in [3.8, 4) is 0 Å². The Morgan fingerprint density at radius 3 is 2.77 bits per heavy atom. The van der Waals surface area contributed by atoms with Gasteiger partial charge in [0.05, 0.1) is 10.9 Å². The Morgan fingerprint density at radius 1 is 1.04 bits per heavy atom. The Labute approximate surface area is 153 Å². The fraction of sp³-hybridized carbons (Fsp3) is 0.571. The van der Waals surface area contributed by atoms with Gasteiger partial charge in [-0.25, -0.2) is 4.98 Å². The zero-order valence-electron chi connectivity index (χ0n) is 15.1. The van der Waals surface area contributed by atoms with Gasteiger partial charge in [0, 0.05) is 31.6 Å². The molecule has 0 bridgehead atoms. The summed E-state index contributed by atoms with van der Waals surface area (Å²) in [5, 5.41) is 0.623. The van der Waals surface area contributed by atoms with Crippen molar-refractivity contribution in [1.82, 2.24) is 14.5 Å². The molecule has 1 amide bonds. The predicted octanol–water partition coefficient (Wildman–Crippen LogP) is 3.00. The maximum atomic E-state index is 13.1. The van der Waals surface area contributed by atoms with Gasteiger partial charge in [-0.1, -0.05) is 19.3 Å². The average Bonchev–Trinajstić information content (AvgIpc) is 3.15. The lowest BCUT2D eigenvalue weighted by atomic mass is 9.75. The van der Waals surface area contributed by atoms with Gasteiger partial charge in [-0.3, -0.25) is 14.2 Å². The molecule has 5 nitrogen and oxygen atoms in total. The maximum Gasteiger partial charge on any atom is 0.261 e. The van der Waals surface area contributed by atoms with Gasteiger partial charge in [-0.15, -0.1) is 0 Å². The van der Waals surface area contributed by atoms with E-state index >= 15 is 0 Å². The summed E-state index contributed by atoms with van der Waals surface area (Å²) in [6, 6.07) is 5.42. The molecule has 3 aliphatic rings. The Hall–Kier alpha value is -2.17. The van der Waals surface area contributed by atoms with E-state index in [2.05, 4.69) is 4.98 Å². The molecule has 0 N–H and O–H groups in total. The van der Waals surface area contributed by atoms with Crippen molar-refractivity contribution in [2.75, 3.05) is 13.1 Å². The van der Waals surface area contributed by atoms with E-state index in [-0.39, 0.29) is 11.5 Å². The summed E-state index contributed by atoms with van der Waals surface area (Å²) in [4.78, 5) is 32.3. The number of aromatic nitrogens is 2. The molecule has 1 saturated heterocycles. The largest absolute Gasteiger partial charge is 0.338 e. The molecule has 0 spiro atoms. The number of hydrogen-bond donors (Lipinski definition) is 0. The van der Waals surface area contributed by atoms with Crippen molar-refractivity contribution in [2.24, 2.45) is 11.8 Å². The molecule has 3 heterocycles. The van der Waals surface area contributed by atoms with Gasteiger partial charge in [-0.05, 0) is 49.3 Å². The molecule has 0 unspecified atom stereocenters. The van der Waals surface area contributed by atoms with Gasteiger partial charge in [0.25, 0.3) is 11.5 Å². The fourth-order valence-corrected chi connectivity index (χ4v) is 5.18. The molecule has 2 atom stereocenters. The van der Waals surface area contributed by atoms with Crippen molar-refractivity contribution in [1.29, 1.82) is 0 Å². The van der Waals surface area contributed by atoms with Gasteiger partial charge in [0.15, 0.2) is 0 Å². The summed E-state index contributed by atoms with van der Waals surface area (Å²) in [5.74, 6) is 2.44. The number of piperidine rings is 1. The third kappa shape index (κ3) is 2.56. The van der Waals surface area contributed by atoms with E-state index in [1.807, 2.05) is 17.0 Å². The smallest absolute Gasteiger partial charge is 0.261 e. The number of hydrogen-bond acceptors (Lipinski definition) is 3. The molecule has 5 heteroatoms. The summed E-state index contributed by atoms with van der Waals surface area (Å²) in [5.41, 5.74) is 1.37. The fourth-order valence-electron chi connectivity index (χ4n) is 5.18. The Morgan fingerprint density at radius 2 is 1.88 bits per heavy atom. The molecule has 2 fully saturated rings. The van der Waals surface area contributed by atoms with Crippen molar-refractivity contribution in [3.05, 3.63) is 39.9 Å². The van der Waals surface area contributed by atoms with Crippen LogP contribution in [0, 0.1) is 11.8 Å². The van der Waals surface area contributed by atoms with E-state index in [4.69, 9.17) is 0 Å². The van der Waals surface area contributed by atoms with Crippen LogP contribution in [0.25, 0.3) is 10.9 Å². The molecule has 1 aromatic carbocycles. The molecular formula is C21H25N3O2. The number of benzene rings is 1. The molecule has 1 aliphatic carbocycles. The minimum atomic E-state index is 0.0320. The van der Waals surface area contributed by atoms with E-state index in [9.17, 15) is 9.59 Å². The summed E-state index contributed by atoms with van der Waals surface area (Å²) in [6.45, 7) is 2.51. The van der Waals surface area contributed by atoms with E-state index < -0.39 is 0 Å². The Bertz CT molecular complexity index is 933. The normalized spacial score (nSPS) is 25.2. The summed E-state index contributed by atoms with van der Waals surface area (Å²) in [6.07, 6.45) is 8.21. The highest BCUT2D eigenvalue weighted by Gasteiger charge is 2.33. The molecule has 5 rings (SSSR count). The first-order chi connectivity index (χ1) is 12.7. The zero-order chi connectivity index (χ0) is 17.7. The van der Waals surface area contributed by atoms with E-state index in [1.165, 1.54) is 25.7 Å². The van der Waals surface area contributed by atoms with Crippen LogP contribution in [0.5, 0.6) is 0 Å². The van der Waals surface area contributed by atoms with E-state index in [0.29, 0.717) is 22.4 Å². The number of nitrogens with zero attached hydrogens (tertiary/aromatic N) is 3. The number of amides is 1. The number of likely N-dealkylation sites (tertiary alicyclic amines) is 1. The number of carbonyl (C=O) groups is 1. The second kappa shape index (κ2) is 6.22. The standard InChI is InChI=1S/C21H25N3O2/c25-20(23-11-9-14-4-1-2-5-16(14)13-23)15-7-8-17-18(12-15)22-19-6-3-10-24(19)21(17)26/h7-8,12,14,16H,1-6,9-11,13H2/t14-,16+/m0/s1. The van der Waals surface area contributed by atoms with Crippen LogP contribution in [-0.4, -0.2) is 33.4 Å². The number of rotatable bonds is 1. The minimum absolute atomic E-state index is 0.0320. The van der Waals surface area contributed by atoms with Crippen molar-refractivity contribution >= 4 is 16.8 Å². The van der Waals surface area contributed by atoms with Crippen LogP contribution in [0.3, 0.4) is 0 Å². The monoisotopic (exact) mass is 351 g/mol. The lowest BCUT2D eigenvalue weighted by Crippen LogP contribution is -2.44. The van der Waals surface area contributed by atoms with Crippen molar-refractivity contribution in [3.63, 3.8) is 0 Å². The first kappa shape index (κ1) is 16.0. The zero-order valence-corrected chi connectivity index (χ0v) is 15.1. The second-order valence-electron chi connectivity index (χ2n) is 8.16. The summed E-state index contributed by atoms with van der Waals surface area (Å²) in [7, 11) is 0. The lowest BCUT2D eigenvalue weighted by Gasteiger charge is -2.41. The molecule has 0 radical (unpaired) electrons. The summed E-state index contributed by atoms with van der Waals surface area (Å²) >= 11 is 0. The van der Waals surface area contributed by atoms with Crippen molar-refractivity contribution in [2.45, 2.75) is 51.5 Å². The SMILES string of the molecule is O=C(c1ccc2c(=O)n3c(nc2c1)CCC3)N1CC[C@@H]2CCCC[C@@H]2C1. The minimum Gasteiger partial charge on any atom is -0.338 e. The molecule has 2 aromatic rings. The third-order valence-electron chi connectivity index (χ3n) is 6.64. The van der Waals surface area contributed by atoms with Gasteiger partial charge < -0.3 is 4.90 Å².